The molecule has 1 aromatic heterocycles. The van der Waals surface area contributed by atoms with Gasteiger partial charge >= 0.3 is 0 Å². The highest BCUT2D eigenvalue weighted by atomic mass is 79.9. The smallest absolute Gasteiger partial charge is 0.243 e. The van der Waals surface area contributed by atoms with Gasteiger partial charge in [-0.3, -0.25) is 0 Å². The van der Waals surface area contributed by atoms with Gasteiger partial charge in [0.05, 0.1) is 19.4 Å². The third-order valence-electron chi connectivity index (χ3n) is 2.56. The van der Waals surface area contributed by atoms with E-state index in [2.05, 4.69) is 20.7 Å². The lowest BCUT2D eigenvalue weighted by Gasteiger charge is -2.09. The predicted molar refractivity (Wildman–Crippen MR) is 72.8 cm³/mol. The van der Waals surface area contributed by atoms with Crippen molar-refractivity contribution in [1.29, 1.82) is 0 Å². The van der Waals surface area contributed by atoms with E-state index in [9.17, 15) is 12.8 Å². The number of sulfonamides is 1. The average molecular weight is 364 g/mol. The van der Waals surface area contributed by atoms with E-state index in [-0.39, 0.29) is 12.1 Å². The van der Waals surface area contributed by atoms with E-state index in [1.165, 1.54) is 12.3 Å². The Balaban J connectivity index is 2.31. The maximum Gasteiger partial charge on any atom is 0.243 e. The summed E-state index contributed by atoms with van der Waals surface area (Å²) < 4.78 is 45.7. The summed E-state index contributed by atoms with van der Waals surface area (Å²) in [4.78, 5) is -0.525. The normalized spacial score (nSPS) is 11.8. The summed E-state index contributed by atoms with van der Waals surface area (Å²) in [5.74, 6) is -0.561. The van der Waals surface area contributed by atoms with E-state index in [0.717, 1.165) is 6.07 Å². The van der Waals surface area contributed by atoms with Crippen molar-refractivity contribution in [2.45, 2.75) is 18.0 Å². The van der Waals surface area contributed by atoms with Crippen molar-refractivity contribution in [3.8, 4) is 0 Å². The molecule has 8 heteroatoms. The molecule has 0 atom stereocenters. The van der Waals surface area contributed by atoms with E-state index in [0.29, 0.717) is 10.2 Å². The standard InChI is InChI=1S/C12H11BrFNO4S/c13-9-4-8(7-16)12(14)11(5-9)20(17,18)15-6-10-2-1-3-19-10/h1-5,15-16H,6-7H2. The molecule has 0 saturated carbocycles. The molecule has 2 N–H and O–H groups in total. The Labute approximate surface area is 123 Å². The lowest BCUT2D eigenvalue weighted by atomic mass is 10.2. The number of hydrogen-bond donors (Lipinski definition) is 2. The van der Waals surface area contributed by atoms with Crippen molar-refractivity contribution in [3.63, 3.8) is 0 Å². The zero-order valence-electron chi connectivity index (χ0n) is 10.1. The molecule has 5 nitrogen and oxygen atoms in total. The Kier molecular flexibility index (Phi) is 4.59. The Morgan fingerprint density at radius 3 is 2.75 bits per heavy atom. The molecule has 2 aromatic rings. The summed E-state index contributed by atoms with van der Waals surface area (Å²) in [6, 6.07) is 5.67. The van der Waals surface area contributed by atoms with Crippen LogP contribution in [0.2, 0.25) is 0 Å². The van der Waals surface area contributed by atoms with Gasteiger partial charge in [0.15, 0.2) is 0 Å². The van der Waals surface area contributed by atoms with E-state index >= 15 is 0 Å². The van der Waals surface area contributed by atoms with Crippen LogP contribution in [0.15, 0.2) is 44.3 Å². The first-order valence-electron chi connectivity index (χ1n) is 5.55. The molecule has 108 valence electrons. The minimum atomic E-state index is -4.05. The van der Waals surface area contributed by atoms with Crippen LogP contribution in [0.1, 0.15) is 11.3 Å². The van der Waals surface area contributed by atoms with Crippen LogP contribution in [0.4, 0.5) is 4.39 Å². The van der Waals surface area contributed by atoms with Crippen LogP contribution < -0.4 is 4.72 Å². The van der Waals surface area contributed by atoms with Gasteiger partial charge in [-0.05, 0) is 24.3 Å². The van der Waals surface area contributed by atoms with E-state index in [4.69, 9.17) is 9.52 Å². The van der Waals surface area contributed by atoms with Crippen LogP contribution in [0.25, 0.3) is 0 Å². The third-order valence-corrected chi connectivity index (χ3v) is 4.41. The maximum absolute atomic E-state index is 14.0. The molecule has 2 rings (SSSR count). The van der Waals surface area contributed by atoms with Gasteiger partial charge in [0.2, 0.25) is 10.0 Å². The molecule has 0 aliphatic heterocycles. The molecule has 0 saturated heterocycles. The quantitative estimate of drug-likeness (QED) is 0.852. The van der Waals surface area contributed by atoms with Crippen molar-refractivity contribution < 1.29 is 22.3 Å². The molecule has 0 fully saturated rings. The van der Waals surface area contributed by atoms with E-state index in [1.54, 1.807) is 12.1 Å². The number of rotatable bonds is 5. The summed E-state index contributed by atoms with van der Waals surface area (Å²) in [5, 5.41) is 9.02. The number of aliphatic hydroxyl groups excluding tert-OH is 1. The van der Waals surface area contributed by atoms with Gasteiger partial charge in [-0.25, -0.2) is 17.5 Å². The molecular formula is C12H11BrFNO4S. The Morgan fingerprint density at radius 2 is 2.15 bits per heavy atom. The maximum atomic E-state index is 14.0. The van der Waals surface area contributed by atoms with Crippen molar-refractivity contribution in [1.82, 2.24) is 4.72 Å². The first-order chi connectivity index (χ1) is 9.44. The molecule has 0 radical (unpaired) electrons. The molecule has 1 aromatic carbocycles. The molecule has 0 unspecified atom stereocenters. The number of furan rings is 1. The van der Waals surface area contributed by atoms with Crippen LogP contribution in [-0.2, 0) is 23.2 Å². The summed E-state index contributed by atoms with van der Waals surface area (Å²) >= 11 is 3.08. The minimum Gasteiger partial charge on any atom is -0.468 e. The Morgan fingerprint density at radius 1 is 1.40 bits per heavy atom. The number of benzene rings is 1. The predicted octanol–water partition coefficient (Wildman–Crippen LogP) is 2.15. The molecule has 0 amide bonds. The molecule has 0 aliphatic rings. The molecular weight excluding hydrogens is 353 g/mol. The monoisotopic (exact) mass is 363 g/mol. The Bertz CT molecular complexity index is 700. The summed E-state index contributed by atoms with van der Waals surface area (Å²) in [6.45, 7) is -0.679. The topological polar surface area (TPSA) is 79.5 Å². The van der Waals surface area contributed by atoms with E-state index < -0.39 is 27.3 Å². The second-order valence-corrected chi connectivity index (χ2v) is 6.59. The summed E-state index contributed by atoms with van der Waals surface area (Å²) in [5.41, 5.74) is -0.0993. The highest BCUT2D eigenvalue weighted by Crippen LogP contribution is 2.24. The fourth-order valence-electron chi connectivity index (χ4n) is 1.59. The lowest BCUT2D eigenvalue weighted by Crippen LogP contribution is -2.24. The van der Waals surface area contributed by atoms with Crippen molar-refractivity contribution >= 4 is 26.0 Å². The number of nitrogens with one attached hydrogen (secondary N) is 1. The van der Waals surface area contributed by atoms with Crippen LogP contribution in [0, 0.1) is 5.82 Å². The highest BCUT2D eigenvalue weighted by molar-refractivity contribution is 9.10. The fourth-order valence-corrected chi connectivity index (χ4v) is 3.38. The molecule has 1 heterocycles. The van der Waals surface area contributed by atoms with Crippen LogP contribution >= 0.6 is 15.9 Å². The molecule has 20 heavy (non-hydrogen) atoms. The van der Waals surface area contributed by atoms with Gasteiger partial charge < -0.3 is 9.52 Å². The first kappa shape index (κ1) is 15.2. The Hall–Kier alpha value is -1.22. The van der Waals surface area contributed by atoms with Gasteiger partial charge in [0.25, 0.3) is 0 Å². The molecule has 0 aliphatic carbocycles. The van der Waals surface area contributed by atoms with Crippen molar-refractivity contribution in [3.05, 3.63) is 52.1 Å². The zero-order valence-corrected chi connectivity index (χ0v) is 12.5. The van der Waals surface area contributed by atoms with Gasteiger partial charge in [0, 0.05) is 10.0 Å². The summed E-state index contributed by atoms with van der Waals surface area (Å²) in [7, 11) is -4.05. The number of halogens is 2. The molecule has 0 spiro atoms. The van der Waals surface area contributed by atoms with Crippen LogP contribution in [0.5, 0.6) is 0 Å². The third kappa shape index (κ3) is 3.26. The van der Waals surface area contributed by atoms with Crippen molar-refractivity contribution in [2.24, 2.45) is 0 Å². The first-order valence-corrected chi connectivity index (χ1v) is 7.82. The lowest BCUT2D eigenvalue weighted by molar-refractivity contribution is 0.274. The summed E-state index contributed by atoms with van der Waals surface area (Å²) in [6.07, 6.45) is 1.41. The highest BCUT2D eigenvalue weighted by Gasteiger charge is 2.22. The molecule has 0 bridgehead atoms. The largest absolute Gasteiger partial charge is 0.468 e. The average Bonchev–Trinajstić information content (AvgIpc) is 2.92. The SMILES string of the molecule is O=S(=O)(NCc1ccco1)c1cc(Br)cc(CO)c1F. The second-order valence-electron chi connectivity index (χ2n) is 3.94. The van der Waals surface area contributed by atoms with Gasteiger partial charge in [0.1, 0.15) is 16.5 Å². The van der Waals surface area contributed by atoms with Crippen LogP contribution in [-0.4, -0.2) is 13.5 Å². The zero-order chi connectivity index (χ0) is 14.8. The second kappa shape index (κ2) is 6.04. The van der Waals surface area contributed by atoms with Gasteiger partial charge in [-0.2, -0.15) is 0 Å². The van der Waals surface area contributed by atoms with E-state index in [1.807, 2.05) is 0 Å². The van der Waals surface area contributed by atoms with Crippen LogP contribution in [0.3, 0.4) is 0 Å². The van der Waals surface area contributed by atoms with Crippen molar-refractivity contribution in [2.75, 3.05) is 0 Å². The van der Waals surface area contributed by atoms with Gasteiger partial charge in [-0.15, -0.1) is 0 Å². The number of aliphatic hydroxyl groups is 1. The minimum absolute atomic E-state index is 0.0876. The van der Waals surface area contributed by atoms with Gasteiger partial charge in [-0.1, -0.05) is 15.9 Å². The fraction of sp³-hybridized carbons (Fsp3) is 0.167. The number of hydrogen-bond acceptors (Lipinski definition) is 4.